The lowest BCUT2D eigenvalue weighted by atomic mass is 9.72. The van der Waals surface area contributed by atoms with E-state index in [1.54, 1.807) is 17.8 Å². The normalized spacial score (nSPS) is 20.6. The van der Waals surface area contributed by atoms with Gasteiger partial charge in [0.15, 0.2) is 0 Å². The van der Waals surface area contributed by atoms with Gasteiger partial charge in [-0.1, -0.05) is 6.58 Å². The highest BCUT2D eigenvalue weighted by Crippen LogP contribution is 2.56. The molecule has 1 spiro atoms. The number of likely N-dealkylation sites (tertiary alicyclic amines) is 1. The van der Waals surface area contributed by atoms with Crippen molar-refractivity contribution < 1.29 is 4.39 Å². The fourth-order valence-corrected chi connectivity index (χ4v) is 6.25. The molecule has 1 aromatic heterocycles. The molecular formula is C26H29FN4S. The van der Waals surface area contributed by atoms with E-state index in [1.165, 1.54) is 5.56 Å². The number of fused-ring (bicyclic) bond motifs is 2. The molecular weight excluding hydrogens is 419 g/mol. The summed E-state index contributed by atoms with van der Waals surface area (Å²) in [5, 5.41) is 12.8. The molecule has 4 nitrogen and oxygen atoms in total. The van der Waals surface area contributed by atoms with Gasteiger partial charge >= 0.3 is 0 Å². The van der Waals surface area contributed by atoms with E-state index in [0.29, 0.717) is 11.3 Å². The molecule has 3 heterocycles. The third-order valence-corrected chi connectivity index (χ3v) is 8.98. The van der Waals surface area contributed by atoms with Gasteiger partial charge < -0.3 is 10.2 Å². The van der Waals surface area contributed by atoms with Crippen LogP contribution >= 0.6 is 11.8 Å². The molecule has 0 unspecified atom stereocenters. The summed E-state index contributed by atoms with van der Waals surface area (Å²) in [6.07, 6.45) is 9.82. The maximum Gasteiger partial charge on any atom is 0.146 e. The van der Waals surface area contributed by atoms with Gasteiger partial charge in [-0.05, 0) is 99.8 Å². The first-order valence-corrected chi connectivity index (χ1v) is 12.7. The van der Waals surface area contributed by atoms with Crippen LogP contribution in [0.25, 0.3) is 0 Å². The molecule has 0 bridgehead atoms. The van der Waals surface area contributed by atoms with Crippen LogP contribution in [0.3, 0.4) is 0 Å². The van der Waals surface area contributed by atoms with Crippen molar-refractivity contribution in [2.45, 2.75) is 48.7 Å². The second-order valence-electron chi connectivity index (χ2n) is 9.38. The Labute approximate surface area is 193 Å². The molecule has 32 heavy (non-hydrogen) atoms. The highest BCUT2D eigenvalue weighted by molar-refractivity contribution is 7.99. The van der Waals surface area contributed by atoms with Gasteiger partial charge in [0.05, 0.1) is 22.1 Å². The number of rotatable bonds is 6. The fraction of sp³-hybridized carbons (Fsp3) is 0.462. The van der Waals surface area contributed by atoms with Crippen LogP contribution in [0.5, 0.6) is 0 Å². The van der Waals surface area contributed by atoms with Crippen LogP contribution in [0, 0.1) is 17.1 Å². The average Bonchev–Trinajstić information content (AvgIpc) is 3.56. The second-order valence-corrected chi connectivity index (χ2v) is 10.6. The number of nitriles is 1. The highest BCUT2D eigenvalue weighted by atomic mass is 32.2. The van der Waals surface area contributed by atoms with E-state index >= 15 is 0 Å². The van der Waals surface area contributed by atoms with Crippen molar-refractivity contribution in [2.24, 2.45) is 0 Å². The summed E-state index contributed by atoms with van der Waals surface area (Å²) in [5.41, 5.74) is 5.64. The minimum Gasteiger partial charge on any atom is -0.358 e. The number of anilines is 1. The molecule has 1 saturated carbocycles. The number of pyridine rings is 1. The van der Waals surface area contributed by atoms with E-state index in [4.69, 9.17) is 0 Å². The van der Waals surface area contributed by atoms with Gasteiger partial charge in [-0.3, -0.25) is 4.98 Å². The highest BCUT2D eigenvalue weighted by Gasteiger charge is 2.47. The molecule has 1 N–H and O–H groups in total. The number of thioether (sulfide) groups is 1. The molecule has 166 valence electrons. The number of nitrogens with zero attached hydrogens (tertiary/aromatic N) is 3. The molecule has 0 amide bonds. The summed E-state index contributed by atoms with van der Waals surface area (Å²) in [6, 6.07) is 9.86. The second kappa shape index (κ2) is 8.20. The monoisotopic (exact) mass is 448 g/mol. The van der Waals surface area contributed by atoms with E-state index in [0.717, 1.165) is 75.1 Å². The van der Waals surface area contributed by atoms with Crippen molar-refractivity contribution in [3.8, 4) is 6.07 Å². The molecule has 1 aliphatic carbocycles. The van der Waals surface area contributed by atoms with Crippen molar-refractivity contribution in [3.63, 3.8) is 0 Å². The summed E-state index contributed by atoms with van der Waals surface area (Å²) < 4.78 is 14.5. The number of benzene rings is 1. The summed E-state index contributed by atoms with van der Waals surface area (Å²) in [6.45, 7) is 7.31. The number of nitrogens with one attached hydrogen (secondary N) is 1. The lowest BCUT2D eigenvalue weighted by Gasteiger charge is -2.40. The van der Waals surface area contributed by atoms with Crippen LogP contribution in [-0.2, 0) is 16.6 Å². The van der Waals surface area contributed by atoms with Gasteiger partial charge in [-0.15, -0.1) is 0 Å². The number of hydrogen-bond donors (Lipinski definition) is 1. The molecule has 2 aliphatic heterocycles. The zero-order chi connectivity index (χ0) is 22.3. The first kappa shape index (κ1) is 21.5. The van der Waals surface area contributed by atoms with Crippen LogP contribution < -0.4 is 5.32 Å². The predicted octanol–water partition coefficient (Wildman–Crippen LogP) is 5.35. The Morgan fingerprint density at radius 2 is 2.03 bits per heavy atom. The molecule has 5 rings (SSSR count). The predicted molar refractivity (Wildman–Crippen MR) is 128 cm³/mol. The van der Waals surface area contributed by atoms with Crippen molar-refractivity contribution >= 4 is 17.4 Å². The molecule has 1 aromatic carbocycles. The maximum absolute atomic E-state index is 14.6. The largest absolute Gasteiger partial charge is 0.358 e. The molecule has 0 radical (unpaired) electrons. The van der Waals surface area contributed by atoms with Gasteiger partial charge in [-0.2, -0.15) is 17.0 Å². The van der Waals surface area contributed by atoms with E-state index in [2.05, 4.69) is 27.8 Å². The standard InChI is InChI=1S/C26H29FN4S/c1-18-25(21-14-19(16-28)5-6-23(21)30-18)9-12-31(13-10-25)11-3-4-20-15-22(27)24(29-17-20)26(32-2)7-8-26/h5-6,14-15,17,30H,1,3-4,7-13H2,2H3. The smallest absolute Gasteiger partial charge is 0.146 e. The van der Waals surface area contributed by atoms with Crippen molar-refractivity contribution in [3.05, 3.63) is 70.9 Å². The average molecular weight is 449 g/mol. The Morgan fingerprint density at radius 1 is 1.25 bits per heavy atom. The minimum atomic E-state index is -0.142. The zero-order valence-corrected chi connectivity index (χ0v) is 19.4. The zero-order valence-electron chi connectivity index (χ0n) is 18.6. The van der Waals surface area contributed by atoms with Crippen LogP contribution in [0.15, 0.2) is 42.7 Å². The third-order valence-electron chi connectivity index (χ3n) is 7.60. The molecule has 0 atom stereocenters. The topological polar surface area (TPSA) is 52.0 Å². The Hall–Kier alpha value is -2.36. The molecule has 1 saturated heterocycles. The number of halogens is 1. The van der Waals surface area contributed by atoms with Crippen LogP contribution in [-0.4, -0.2) is 35.8 Å². The Bertz CT molecular complexity index is 1090. The lowest BCUT2D eigenvalue weighted by Crippen LogP contribution is -2.43. The van der Waals surface area contributed by atoms with E-state index < -0.39 is 0 Å². The van der Waals surface area contributed by atoms with Crippen LogP contribution in [0.4, 0.5) is 10.1 Å². The Kier molecular flexibility index (Phi) is 5.51. The van der Waals surface area contributed by atoms with Crippen LogP contribution in [0.1, 0.15) is 54.5 Å². The fourth-order valence-electron chi connectivity index (χ4n) is 5.40. The number of aromatic nitrogens is 1. The first-order valence-electron chi connectivity index (χ1n) is 11.4. The molecule has 3 aliphatic rings. The summed E-state index contributed by atoms with van der Waals surface area (Å²) >= 11 is 1.72. The summed E-state index contributed by atoms with van der Waals surface area (Å²) in [4.78, 5) is 6.99. The van der Waals surface area contributed by atoms with Gasteiger partial charge in [0, 0.05) is 23.0 Å². The Morgan fingerprint density at radius 3 is 2.69 bits per heavy atom. The van der Waals surface area contributed by atoms with E-state index in [1.807, 2.05) is 30.7 Å². The Balaban J connectivity index is 1.17. The summed E-state index contributed by atoms with van der Waals surface area (Å²) in [7, 11) is 0. The van der Waals surface area contributed by atoms with Crippen LogP contribution in [0.2, 0.25) is 0 Å². The number of allylic oxidation sites excluding steroid dienone is 1. The van der Waals surface area contributed by atoms with Gasteiger partial charge in [0.2, 0.25) is 0 Å². The first-order chi connectivity index (χ1) is 15.5. The number of hydrogen-bond acceptors (Lipinski definition) is 5. The molecule has 2 aromatic rings. The quantitative estimate of drug-likeness (QED) is 0.646. The van der Waals surface area contributed by atoms with Crippen molar-refractivity contribution in [1.82, 2.24) is 9.88 Å². The number of piperidine rings is 1. The van der Waals surface area contributed by atoms with E-state index in [9.17, 15) is 9.65 Å². The molecule has 2 fully saturated rings. The third kappa shape index (κ3) is 3.62. The van der Waals surface area contributed by atoms with Gasteiger partial charge in [0.1, 0.15) is 5.82 Å². The SMILES string of the molecule is C=C1Nc2ccc(C#N)cc2C12CCN(CCCc1cnc(C3(SC)CC3)c(F)c1)CC2. The van der Waals surface area contributed by atoms with Gasteiger partial charge in [0.25, 0.3) is 0 Å². The minimum absolute atomic E-state index is 0.0713. The van der Waals surface area contributed by atoms with Crippen molar-refractivity contribution in [2.75, 3.05) is 31.2 Å². The lowest BCUT2D eigenvalue weighted by molar-refractivity contribution is 0.179. The van der Waals surface area contributed by atoms with Gasteiger partial charge in [-0.25, -0.2) is 4.39 Å². The summed E-state index contributed by atoms with van der Waals surface area (Å²) in [5.74, 6) is -0.142. The maximum atomic E-state index is 14.6. The molecule has 6 heteroatoms. The van der Waals surface area contributed by atoms with Crippen molar-refractivity contribution in [1.29, 1.82) is 5.26 Å². The number of aryl methyl sites for hydroxylation is 1. The van der Waals surface area contributed by atoms with E-state index in [-0.39, 0.29) is 16.0 Å².